The number of nitrogens with zero attached hydrogens (tertiary/aromatic N) is 1. The third kappa shape index (κ3) is 5.26. The summed E-state index contributed by atoms with van der Waals surface area (Å²) in [7, 11) is 1.51. The molecule has 2 aromatic rings. The number of para-hydroxylation sites is 2. The second kappa shape index (κ2) is 9.42. The predicted molar refractivity (Wildman–Crippen MR) is 110 cm³/mol. The number of fused-ring (bicyclic) bond motifs is 1. The van der Waals surface area contributed by atoms with Crippen LogP contribution in [0.25, 0.3) is 0 Å². The average molecular weight is 417 g/mol. The van der Waals surface area contributed by atoms with Gasteiger partial charge >= 0.3 is 0 Å². The van der Waals surface area contributed by atoms with Crippen LogP contribution in [-0.4, -0.2) is 48.9 Å². The highest BCUT2D eigenvalue weighted by atomic mass is 32.2. The number of ether oxygens (including phenoxy) is 1. The molecule has 1 aliphatic rings. The number of likely N-dealkylation sites (N-methyl/N-ethyl adjacent to an activating group) is 1. The number of anilines is 2. The molecule has 1 atom stereocenters. The first-order valence-electron chi connectivity index (χ1n) is 8.88. The van der Waals surface area contributed by atoms with Gasteiger partial charge in [-0.25, -0.2) is 4.39 Å². The van der Waals surface area contributed by atoms with Gasteiger partial charge in [0.2, 0.25) is 11.8 Å². The Hall–Kier alpha value is -3.07. The first-order valence-corrected chi connectivity index (χ1v) is 10.0. The van der Waals surface area contributed by atoms with E-state index in [1.165, 1.54) is 36.2 Å². The third-order valence-electron chi connectivity index (χ3n) is 4.20. The molecule has 2 N–H and O–H groups in total. The van der Waals surface area contributed by atoms with Crippen LogP contribution >= 0.6 is 11.8 Å². The summed E-state index contributed by atoms with van der Waals surface area (Å²) in [6, 6.07) is 12.4. The molecule has 0 spiro atoms. The number of hydrogen-bond donors (Lipinski definition) is 2. The summed E-state index contributed by atoms with van der Waals surface area (Å²) in [5.74, 6) is -0.638. The number of nitrogens with one attached hydrogen (secondary N) is 2. The fraction of sp³-hybridized carbons (Fsp3) is 0.250. The molecule has 3 rings (SSSR count). The first kappa shape index (κ1) is 20.7. The Bertz CT molecular complexity index is 907. The van der Waals surface area contributed by atoms with Crippen molar-refractivity contribution in [1.29, 1.82) is 0 Å². The van der Waals surface area contributed by atoms with Crippen LogP contribution in [0.1, 0.15) is 0 Å². The summed E-state index contributed by atoms with van der Waals surface area (Å²) in [6.45, 7) is 0.0951. The second-order valence-corrected chi connectivity index (χ2v) is 7.23. The lowest BCUT2D eigenvalue weighted by molar-refractivity contribution is -0.127. The minimum Gasteiger partial charge on any atom is -0.477 e. The summed E-state index contributed by atoms with van der Waals surface area (Å²) in [5, 5.41) is 5.17. The van der Waals surface area contributed by atoms with Crippen molar-refractivity contribution >= 4 is 40.9 Å². The SMILES string of the molecule is CNC(=O)[C@@H]1CN(C(=O)CSCC(=O)Nc2ccc(F)cc2)c2ccccc2O1. The zero-order valence-electron chi connectivity index (χ0n) is 15.7. The van der Waals surface area contributed by atoms with Gasteiger partial charge in [0, 0.05) is 12.7 Å². The fourth-order valence-corrected chi connectivity index (χ4v) is 3.50. The molecule has 7 nitrogen and oxygen atoms in total. The van der Waals surface area contributed by atoms with Gasteiger partial charge in [-0.15, -0.1) is 11.8 Å². The summed E-state index contributed by atoms with van der Waals surface area (Å²) >= 11 is 1.16. The van der Waals surface area contributed by atoms with Gasteiger partial charge in [-0.2, -0.15) is 0 Å². The number of carbonyl (C=O) groups excluding carboxylic acids is 3. The molecule has 1 aliphatic heterocycles. The van der Waals surface area contributed by atoms with Crippen LogP contribution in [0.15, 0.2) is 48.5 Å². The van der Waals surface area contributed by atoms with E-state index in [9.17, 15) is 18.8 Å². The van der Waals surface area contributed by atoms with Crippen molar-refractivity contribution in [3.63, 3.8) is 0 Å². The van der Waals surface area contributed by atoms with Crippen molar-refractivity contribution in [3.05, 3.63) is 54.3 Å². The van der Waals surface area contributed by atoms with E-state index in [0.29, 0.717) is 17.1 Å². The molecule has 3 amide bonds. The lowest BCUT2D eigenvalue weighted by Crippen LogP contribution is -2.50. The van der Waals surface area contributed by atoms with Crippen LogP contribution < -0.4 is 20.3 Å². The monoisotopic (exact) mass is 417 g/mol. The van der Waals surface area contributed by atoms with E-state index in [4.69, 9.17) is 4.74 Å². The van der Waals surface area contributed by atoms with Crippen LogP contribution in [0.3, 0.4) is 0 Å². The molecule has 0 fully saturated rings. The van der Waals surface area contributed by atoms with Crippen molar-refractivity contribution in [2.45, 2.75) is 6.10 Å². The van der Waals surface area contributed by atoms with Gasteiger partial charge in [-0.05, 0) is 36.4 Å². The Balaban J connectivity index is 1.57. The van der Waals surface area contributed by atoms with Gasteiger partial charge in [0.15, 0.2) is 6.10 Å². The first-order chi connectivity index (χ1) is 14.0. The van der Waals surface area contributed by atoms with Gasteiger partial charge in [0.25, 0.3) is 5.91 Å². The van der Waals surface area contributed by atoms with Crippen molar-refractivity contribution in [2.75, 3.05) is 35.3 Å². The lowest BCUT2D eigenvalue weighted by Gasteiger charge is -2.34. The zero-order chi connectivity index (χ0) is 20.8. The zero-order valence-corrected chi connectivity index (χ0v) is 16.5. The van der Waals surface area contributed by atoms with E-state index < -0.39 is 6.10 Å². The van der Waals surface area contributed by atoms with Crippen LogP contribution in [0.4, 0.5) is 15.8 Å². The normalized spacial score (nSPS) is 15.1. The predicted octanol–water partition coefficient (Wildman–Crippen LogP) is 2.04. The van der Waals surface area contributed by atoms with E-state index in [1.807, 2.05) is 0 Å². The minimum atomic E-state index is -0.800. The summed E-state index contributed by atoms with van der Waals surface area (Å²) in [6.07, 6.45) is -0.800. The number of hydrogen-bond acceptors (Lipinski definition) is 5. The molecule has 0 saturated carbocycles. The van der Waals surface area contributed by atoms with Crippen LogP contribution in [0.2, 0.25) is 0 Å². The van der Waals surface area contributed by atoms with Gasteiger partial charge in [-0.3, -0.25) is 14.4 Å². The Kier molecular flexibility index (Phi) is 6.71. The molecule has 0 bridgehead atoms. The quantitative estimate of drug-likeness (QED) is 0.751. The molecule has 9 heteroatoms. The molecule has 0 unspecified atom stereocenters. The number of rotatable bonds is 6. The van der Waals surface area contributed by atoms with E-state index >= 15 is 0 Å². The van der Waals surface area contributed by atoms with Crippen molar-refractivity contribution < 1.29 is 23.5 Å². The van der Waals surface area contributed by atoms with E-state index in [0.717, 1.165) is 11.8 Å². The maximum absolute atomic E-state index is 12.9. The smallest absolute Gasteiger partial charge is 0.262 e. The molecule has 29 heavy (non-hydrogen) atoms. The Labute approximate surface area is 171 Å². The molecular weight excluding hydrogens is 397 g/mol. The highest BCUT2D eigenvalue weighted by Crippen LogP contribution is 2.33. The molecule has 0 radical (unpaired) electrons. The Morgan fingerprint density at radius 3 is 2.59 bits per heavy atom. The van der Waals surface area contributed by atoms with Crippen LogP contribution in [0, 0.1) is 5.82 Å². The van der Waals surface area contributed by atoms with Crippen LogP contribution in [0.5, 0.6) is 5.75 Å². The molecule has 152 valence electrons. The minimum absolute atomic E-state index is 0.0611. The fourth-order valence-electron chi connectivity index (χ4n) is 2.81. The number of benzene rings is 2. The number of thioether (sulfide) groups is 1. The van der Waals surface area contributed by atoms with Crippen LogP contribution in [-0.2, 0) is 14.4 Å². The Morgan fingerprint density at radius 1 is 1.14 bits per heavy atom. The van der Waals surface area contributed by atoms with E-state index in [2.05, 4.69) is 10.6 Å². The number of halogens is 1. The molecule has 0 aromatic heterocycles. The third-order valence-corrected chi connectivity index (χ3v) is 5.12. The molecule has 0 aliphatic carbocycles. The topological polar surface area (TPSA) is 87.7 Å². The van der Waals surface area contributed by atoms with Gasteiger partial charge < -0.3 is 20.3 Å². The lowest BCUT2D eigenvalue weighted by atomic mass is 10.2. The standard InChI is InChI=1S/C20H20FN3O4S/c1-22-20(27)17-10-24(15-4-2-3-5-16(15)28-17)19(26)12-29-11-18(25)23-14-8-6-13(21)7-9-14/h2-9,17H,10-12H2,1H3,(H,22,27)(H,23,25)/t17-/m0/s1. The maximum Gasteiger partial charge on any atom is 0.262 e. The number of carbonyl (C=O) groups is 3. The van der Waals surface area contributed by atoms with Crippen molar-refractivity contribution in [2.24, 2.45) is 0 Å². The van der Waals surface area contributed by atoms with Gasteiger partial charge in [0.1, 0.15) is 11.6 Å². The van der Waals surface area contributed by atoms with Gasteiger partial charge in [0.05, 0.1) is 23.7 Å². The molecule has 1 heterocycles. The van der Waals surface area contributed by atoms with Crippen molar-refractivity contribution in [3.8, 4) is 5.75 Å². The number of amides is 3. The largest absolute Gasteiger partial charge is 0.477 e. The summed E-state index contributed by atoms with van der Waals surface area (Å²) in [5.41, 5.74) is 1.08. The molecular formula is C20H20FN3O4S. The molecule has 2 aromatic carbocycles. The average Bonchev–Trinajstić information content (AvgIpc) is 2.73. The highest BCUT2D eigenvalue weighted by Gasteiger charge is 2.33. The summed E-state index contributed by atoms with van der Waals surface area (Å²) < 4.78 is 18.6. The molecule has 0 saturated heterocycles. The highest BCUT2D eigenvalue weighted by molar-refractivity contribution is 8.00. The van der Waals surface area contributed by atoms with E-state index in [-0.39, 0.29) is 41.6 Å². The summed E-state index contributed by atoms with van der Waals surface area (Å²) in [4.78, 5) is 38.2. The van der Waals surface area contributed by atoms with Gasteiger partial charge in [-0.1, -0.05) is 12.1 Å². The second-order valence-electron chi connectivity index (χ2n) is 6.24. The van der Waals surface area contributed by atoms with E-state index in [1.54, 1.807) is 24.3 Å². The Morgan fingerprint density at radius 2 is 1.86 bits per heavy atom. The van der Waals surface area contributed by atoms with Crippen molar-refractivity contribution in [1.82, 2.24) is 5.32 Å². The maximum atomic E-state index is 12.9.